The number of ether oxygens (including phenoxy) is 1. The molecule has 0 radical (unpaired) electrons. The number of hydrazine groups is 1. The van der Waals surface area contributed by atoms with Gasteiger partial charge in [0, 0.05) is 30.0 Å². The minimum Gasteiger partial charge on any atom is -0.379 e. The lowest BCUT2D eigenvalue weighted by Gasteiger charge is -2.39. The first kappa shape index (κ1) is 25.5. The van der Waals surface area contributed by atoms with Crippen molar-refractivity contribution >= 4 is 38.0 Å². The summed E-state index contributed by atoms with van der Waals surface area (Å²) in [5.74, 6) is 0.198. The minimum absolute atomic E-state index is 0.186. The van der Waals surface area contributed by atoms with Crippen molar-refractivity contribution in [1.82, 2.24) is 20.0 Å². The first-order chi connectivity index (χ1) is 18.5. The summed E-state index contributed by atoms with van der Waals surface area (Å²) in [6.45, 7) is 1.73. The molecule has 0 bridgehead atoms. The van der Waals surface area contributed by atoms with E-state index in [0.717, 1.165) is 5.69 Å². The fourth-order valence-corrected chi connectivity index (χ4v) is 5.14. The third kappa shape index (κ3) is 5.71. The summed E-state index contributed by atoms with van der Waals surface area (Å²) in [7, 11) is -4.77. The van der Waals surface area contributed by atoms with Crippen LogP contribution in [0.15, 0.2) is 97.6 Å². The van der Waals surface area contributed by atoms with E-state index in [1.807, 2.05) is 53.5 Å². The van der Waals surface area contributed by atoms with Gasteiger partial charge in [-0.3, -0.25) is 4.55 Å². The Morgan fingerprint density at radius 3 is 2.13 bits per heavy atom. The average molecular weight is 531 g/mol. The lowest BCUT2D eigenvalue weighted by molar-refractivity contribution is 0.0376. The van der Waals surface area contributed by atoms with Gasteiger partial charge in [-0.1, -0.05) is 66.7 Å². The molecule has 2 N–H and O–H groups in total. The molecule has 0 spiro atoms. The Labute approximate surface area is 221 Å². The first-order valence-corrected chi connectivity index (χ1v) is 13.4. The molecule has 0 unspecified atom stereocenters. The second-order valence-electron chi connectivity index (χ2n) is 8.37. The number of benzene rings is 3. The van der Waals surface area contributed by atoms with E-state index in [-0.39, 0.29) is 16.6 Å². The molecule has 0 atom stereocenters. The average Bonchev–Trinajstić information content (AvgIpc) is 2.95. The number of nitrogens with zero attached hydrogens (tertiary/aromatic N) is 5. The van der Waals surface area contributed by atoms with Crippen molar-refractivity contribution in [2.75, 3.05) is 36.6 Å². The Balaban J connectivity index is 1.84. The van der Waals surface area contributed by atoms with Gasteiger partial charge in [-0.05, 0) is 23.8 Å². The molecule has 38 heavy (non-hydrogen) atoms. The van der Waals surface area contributed by atoms with E-state index in [4.69, 9.17) is 4.74 Å². The molecular weight excluding hydrogens is 504 g/mol. The van der Waals surface area contributed by atoms with Crippen molar-refractivity contribution in [2.45, 2.75) is 0 Å². The fraction of sp³-hybridized carbons (Fsp3) is 0.148. The van der Waals surface area contributed by atoms with Gasteiger partial charge in [0.2, 0.25) is 5.95 Å². The summed E-state index contributed by atoms with van der Waals surface area (Å²) in [4.78, 5) is 12.4. The van der Waals surface area contributed by atoms with E-state index in [0.29, 0.717) is 43.1 Å². The van der Waals surface area contributed by atoms with E-state index in [1.54, 1.807) is 41.4 Å². The highest BCUT2D eigenvalue weighted by Gasteiger charge is 2.34. The van der Waals surface area contributed by atoms with Gasteiger partial charge in [-0.15, -0.1) is 0 Å². The van der Waals surface area contributed by atoms with E-state index >= 15 is 0 Å². The molecule has 11 heteroatoms. The van der Waals surface area contributed by atoms with Crippen molar-refractivity contribution in [2.24, 2.45) is 0 Å². The minimum atomic E-state index is -4.77. The maximum Gasteiger partial charge on any atom is 0.297 e. The highest BCUT2D eigenvalue weighted by molar-refractivity contribution is 7.95. The zero-order valence-electron chi connectivity index (χ0n) is 20.4. The van der Waals surface area contributed by atoms with Crippen LogP contribution in [0.25, 0.3) is 10.6 Å². The number of morpholine rings is 1. The number of rotatable bonds is 8. The van der Waals surface area contributed by atoms with Crippen LogP contribution in [0, 0.1) is 0 Å². The van der Waals surface area contributed by atoms with Crippen molar-refractivity contribution < 1.29 is 17.7 Å². The number of hydrogen-bond acceptors (Lipinski definition) is 9. The number of anilines is 3. The van der Waals surface area contributed by atoms with Gasteiger partial charge in [0.1, 0.15) is 17.6 Å². The summed E-state index contributed by atoms with van der Waals surface area (Å²) < 4.78 is 42.7. The van der Waals surface area contributed by atoms with E-state index < -0.39 is 10.1 Å². The Morgan fingerprint density at radius 1 is 0.868 bits per heavy atom. The molecular formula is C27H26N6O4S. The highest BCUT2D eigenvalue weighted by atomic mass is 32.2. The Bertz CT molecular complexity index is 1500. The van der Waals surface area contributed by atoms with Crippen LogP contribution < -0.4 is 10.3 Å². The molecule has 2 heterocycles. The second kappa shape index (κ2) is 11.5. The maximum absolute atomic E-state index is 13.2. The van der Waals surface area contributed by atoms with Gasteiger partial charge in [0.25, 0.3) is 10.1 Å². The van der Waals surface area contributed by atoms with Crippen molar-refractivity contribution in [3.05, 3.63) is 109 Å². The van der Waals surface area contributed by atoms with Gasteiger partial charge >= 0.3 is 0 Å². The van der Waals surface area contributed by atoms with Crippen molar-refractivity contribution in [3.8, 4) is 0 Å². The Morgan fingerprint density at radius 2 is 1.47 bits per heavy atom. The van der Waals surface area contributed by atoms with Crippen LogP contribution in [0.3, 0.4) is 0 Å². The fourth-order valence-electron chi connectivity index (χ4n) is 4.27. The van der Waals surface area contributed by atoms with Crippen molar-refractivity contribution in [3.63, 3.8) is 0 Å². The standard InChI is InChI=1S/C27H26N6O4S/c34-38(35,36)26(21-9-3-1-4-10-21)25(23-13-7-8-14-24(23)31-22-11-5-2-6-12-22)33(27-29-19-28-20-30-27)32-15-17-37-18-16-32/h1-14,19-20,31H,15-18H2,(H,34,35,36). The van der Waals surface area contributed by atoms with Crippen LogP contribution in [0.2, 0.25) is 0 Å². The predicted molar refractivity (Wildman–Crippen MR) is 146 cm³/mol. The quantitative estimate of drug-likeness (QED) is 0.255. The molecule has 0 saturated carbocycles. The second-order valence-corrected chi connectivity index (χ2v) is 9.73. The SMILES string of the molecule is O=S(=O)(O)C(=C(c1ccccc1Nc1ccccc1)N(c1ncncn1)N1CCOCC1)c1ccccc1. The van der Waals surface area contributed by atoms with E-state index in [2.05, 4.69) is 20.3 Å². The van der Waals surface area contributed by atoms with Crippen LogP contribution in [-0.4, -0.2) is 59.2 Å². The largest absolute Gasteiger partial charge is 0.379 e. The highest BCUT2D eigenvalue weighted by Crippen LogP contribution is 2.39. The predicted octanol–water partition coefficient (Wildman–Crippen LogP) is 4.08. The Hall–Kier alpha value is -4.16. The zero-order valence-corrected chi connectivity index (χ0v) is 21.2. The summed E-state index contributed by atoms with van der Waals surface area (Å²) in [5.41, 5.74) is 2.45. The molecule has 1 aromatic heterocycles. The molecule has 4 aromatic rings. The smallest absolute Gasteiger partial charge is 0.297 e. The normalized spacial score (nSPS) is 15.0. The third-order valence-corrected chi connectivity index (χ3v) is 6.84. The molecule has 1 aliphatic rings. The molecule has 3 aromatic carbocycles. The number of aromatic nitrogens is 3. The molecule has 0 aliphatic carbocycles. The van der Waals surface area contributed by atoms with E-state index in [9.17, 15) is 13.0 Å². The molecule has 1 fully saturated rings. The van der Waals surface area contributed by atoms with Crippen LogP contribution in [0.4, 0.5) is 17.3 Å². The third-order valence-electron chi connectivity index (χ3n) is 5.90. The summed E-state index contributed by atoms with van der Waals surface area (Å²) in [5, 5.41) is 6.92. The number of hydrogen-bond donors (Lipinski definition) is 2. The monoisotopic (exact) mass is 530 g/mol. The van der Waals surface area contributed by atoms with Gasteiger partial charge in [0.05, 0.1) is 18.9 Å². The first-order valence-electron chi connectivity index (χ1n) is 12.0. The number of para-hydroxylation sites is 2. The topological polar surface area (TPSA) is 121 Å². The van der Waals surface area contributed by atoms with Crippen LogP contribution in [0.1, 0.15) is 11.1 Å². The molecule has 1 aliphatic heterocycles. The van der Waals surface area contributed by atoms with Crippen LogP contribution in [0.5, 0.6) is 0 Å². The Kier molecular flexibility index (Phi) is 7.70. The molecule has 5 rings (SSSR count). The van der Waals surface area contributed by atoms with Crippen molar-refractivity contribution in [1.29, 1.82) is 0 Å². The van der Waals surface area contributed by atoms with Crippen LogP contribution in [-0.2, 0) is 14.9 Å². The number of nitrogens with one attached hydrogen (secondary N) is 1. The van der Waals surface area contributed by atoms with Gasteiger partial charge in [0.15, 0.2) is 0 Å². The molecule has 194 valence electrons. The molecule has 0 amide bonds. The van der Waals surface area contributed by atoms with Gasteiger partial charge < -0.3 is 10.1 Å². The molecule has 1 saturated heterocycles. The summed E-state index contributed by atoms with van der Waals surface area (Å²) in [6.07, 6.45) is 2.69. The molecule has 10 nitrogen and oxygen atoms in total. The summed E-state index contributed by atoms with van der Waals surface area (Å²) in [6, 6.07) is 25.3. The lowest BCUT2D eigenvalue weighted by Crippen LogP contribution is -2.49. The zero-order chi connectivity index (χ0) is 26.4. The maximum atomic E-state index is 13.2. The van der Waals surface area contributed by atoms with Gasteiger partial charge in [-0.25, -0.2) is 15.0 Å². The van der Waals surface area contributed by atoms with E-state index in [1.165, 1.54) is 12.7 Å². The van der Waals surface area contributed by atoms with Gasteiger partial charge in [-0.2, -0.15) is 18.4 Å². The lowest BCUT2D eigenvalue weighted by atomic mass is 10.0. The van der Waals surface area contributed by atoms with Crippen LogP contribution >= 0.6 is 0 Å². The summed E-state index contributed by atoms with van der Waals surface area (Å²) >= 11 is 0.